The Morgan fingerprint density at radius 3 is 2.52 bits per heavy atom. The summed E-state index contributed by atoms with van der Waals surface area (Å²) < 4.78 is 24.0. The quantitative estimate of drug-likeness (QED) is 0.865. The maximum Gasteiger partial charge on any atom is 0.273 e. The van der Waals surface area contributed by atoms with Gasteiger partial charge in [0.2, 0.25) is 0 Å². The maximum absolute atomic E-state index is 12.1. The normalized spacial score (nSPS) is 11.4. The zero-order chi connectivity index (χ0) is 15.8. The lowest BCUT2D eigenvalue weighted by molar-refractivity contribution is 0.101. The molecule has 0 bridgehead atoms. The van der Waals surface area contributed by atoms with E-state index in [0.717, 1.165) is 0 Å². The van der Waals surface area contributed by atoms with E-state index in [9.17, 15) is 13.2 Å². The molecule has 0 atom stereocenters. The molecule has 21 heavy (non-hydrogen) atoms. The number of amides is 1. The van der Waals surface area contributed by atoms with Gasteiger partial charge in [0.25, 0.3) is 15.0 Å². The number of carbonyl (C=O) groups is 1. The molecule has 0 spiro atoms. The van der Waals surface area contributed by atoms with Crippen LogP contribution in [0.2, 0.25) is 5.02 Å². The Bertz CT molecular complexity index is 792. The third-order valence-corrected chi connectivity index (χ3v) is 4.47. The molecular formula is C12H11Cl2N3O3S. The van der Waals surface area contributed by atoms with Crippen molar-refractivity contribution >= 4 is 42.9 Å². The van der Waals surface area contributed by atoms with Crippen molar-refractivity contribution in [1.29, 1.82) is 0 Å². The van der Waals surface area contributed by atoms with Gasteiger partial charge in [-0.3, -0.25) is 9.48 Å². The van der Waals surface area contributed by atoms with Gasteiger partial charge in [0.05, 0.1) is 15.6 Å². The Balaban J connectivity index is 2.38. The van der Waals surface area contributed by atoms with Gasteiger partial charge >= 0.3 is 0 Å². The molecule has 0 unspecified atom stereocenters. The second kappa shape index (κ2) is 5.67. The Hall–Kier alpha value is -1.57. The molecule has 0 radical (unpaired) electrons. The number of hydrogen-bond acceptors (Lipinski definition) is 4. The zero-order valence-corrected chi connectivity index (χ0v) is 13.4. The van der Waals surface area contributed by atoms with Crippen molar-refractivity contribution in [2.75, 3.05) is 5.32 Å². The molecule has 0 fully saturated rings. The van der Waals surface area contributed by atoms with E-state index >= 15 is 0 Å². The number of nitrogens with zero attached hydrogens (tertiary/aromatic N) is 2. The molecule has 0 aliphatic heterocycles. The lowest BCUT2D eigenvalue weighted by Crippen LogP contribution is -2.17. The molecule has 1 heterocycles. The van der Waals surface area contributed by atoms with Crippen molar-refractivity contribution in [1.82, 2.24) is 9.78 Å². The summed E-state index contributed by atoms with van der Waals surface area (Å²) >= 11 is 6.03. The second-order valence-electron chi connectivity index (χ2n) is 4.33. The largest absolute Gasteiger partial charge is 0.319 e. The van der Waals surface area contributed by atoms with Crippen molar-refractivity contribution in [3.8, 4) is 0 Å². The highest BCUT2D eigenvalue weighted by molar-refractivity contribution is 8.13. The summed E-state index contributed by atoms with van der Waals surface area (Å²) in [4.78, 5) is 12.0. The molecule has 2 rings (SSSR count). The van der Waals surface area contributed by atoms with E-state index in [1.807, 2.05) is 0 Å². The van der Waals surface area contributed by atoms with E-state index < -0.39 is 15.0 Å². The molecule has 1 aromatic heterocycles. The fourth-order valence-electron chi connectivity index (χ4n) is 1.79. The molecular weight excluding hydrogens is 337 g/mol. The Morgan fingerprint density at radius 2 is 2.05 bits per heavy atom. The summed E-state index contributed by atoms with van der Waals surface area (Å²) in [5.74, 6) is -0.401. The van der Waals surface area contributed by atoms with E-state index in [-0.39, 0.29) is 9.92 Å². The molecule has 112 valence electrons. The highest BCUT2D eigenvalue weighted by atomic mass is 35.7. The summed E-state index contributed by atoms with van der Waals surface area (Å²) in [5, 5.41) is 6.62. The number of rotatable bonds is 3. The third-order valence-electron chi connectivity index (χ3n) is 2.83. The van der Waals surface area contributed by atoms with Crippen LogP contribution in [0.1, 0.15) is 16.1 Å². The predicted octanol–water partition coefficient (Wildman–Crippen LogP) is 2.56. The Labute approximate surface area is 131 Å². The minimum atomic E-state index is -3.88. The molecule has 1 N–H and O–H groups in total. The topological polar surface area (TPSA) is 81.1 Å². The molecule has 0 aliphatic carbocycles. The van der Waals surface area contributed by atoms with Gasteiger partial charge in [-0.15, -0.1) is 0 Å². The van der Waals surface area contributed by atoms with Crippen LogP contribution in [0.3, 0.4) is 0 Å². The molecule has 0 aliphatic rings. The van der Waals surface area contributed by atoms with Gasteiger partial charge in [0.1, 0.15) is 5.69 Å². The van der Waals surface area contributed by atoms with Crippen LogP contribution in [0.15, 0.2) is 29.3 Å². The van der Waals surface area contributed by atoms with Gasteiger partial charge in [0, 0.05) is 23.9 Å². The van der Waals surface area contributed by atoms with Crippen LogP contribution in [-0.4, -0.2) is 24.1 Å². The maximum atomic E-state index is 12.1. The number of aromatic nitrogens is 2. The van der Waals surface area contributed by atoms with Crippen molar-refractivity contribution < 1.29 is 13.2 Å². The fourth-order valence-corrected chi connectivity index (χ4v) is 3.01. The number of aryl methyl sites for hydroxylation is 2. The molecule has 0 saturated carbocycles. The number of halogens is 2. The number of carbonyl (C=O) groups excluding carboxylic acids is 1. The standard InChI is InChI=1S/C12H11Cl2N3O3S/c1-7-5-8(21(14,19)20)6-9(13)11(7)16-12(18)10-3-4-15-17(10)2/h3-6H,1-2H3,(H,16,18). The third kappa shape index (κ3) is 3.37. The van der Waals surface area contributed by atoms with Gasteiger partial charge in [0.15, 0.2) is 0 Å². The number of benzene rings is 1. The molecule has 2 aromatic rings. The second-order valence-corrected chi connectivity index (χ2v) is 7.30. The lowest BCUT2D eigenvalue weighted by atomic mass is 10.2. The van der Waals surface area contributed by atoms with E-state index in [1.165, 1.54) is 23.0 Å². The minimum Gasteiger partial charge on any atom is -0.319 e. The van der Waals surface area contributed by atoms with Gasteiger partial charge in [-0.1, -0.05) is 11.6 Å². The van der Waals surface area contributed by atoms with E-state index in [2.05, 4.69) is 10.4 Å². The lowest BCUT2D eigenvalue weighted by Gasteiger charge is -2.11. The highest BCUT2D eigenvalue weighted by Gasteiger charge is 2.18. The van der Waals surface area contributed by atoms with Gasteiger partial charge in [-0.2, -0.15) is 5.10 Å². The SMILES string of the molecule is Cc1cc(S(=O)(=O)Cl)cc(Cl)c1NC(=O)c1ccnn1C. The summed E-state index contributed by atoms with van der Waals surface area (Å²) in [6.45, 7) is 1.62. The van der Waals surface area contributed by atoms with Crippen LogP contribution in [-0.2, 0) is 16.1 Å². The summed E-state index contributed by atoms with van der Waals surface area (Å²) in [6, 6.07) is 4.08. The number of nitrogens with one attached hydrogen (secondary N) is 1. The first-order chi connectivity index (χ1) is 9.70. The highest BCUT2D eigenvalue weighted by Crippen LogP contribution is 2.31. The van der Waals surface area contributed by atoms with Gasteiger partial charge < -0.3 is 5.32 Å². The van der Waals surface area contributed by atoms with E-state index in [4.69, 9.17) is 22.3 Å². The average molecular weight is 348 g/mol. The van der Waals surface area contributed by atoms with E-state index in [0.29, 0.717) is 16.9 Å². The van der Waals surface area contributed by atoms with Crippen LogP contribution in [0.5, 0.6) is 0 Å². The number of anilines is 1. The smallest absolute Gasteiger partial charge is 0.273 e. The molecule has 6 nitrogen and oxygen atoms in total. The summed E-state index contributed by atoms with van der Waals surface area (Å²) in [6.07, 6.45) is 1.49. The van der Waals surface area contributed by atoms with Crippen LogP contribution in [0, 0.1) is 6.92 Å². The minimum absolute atomic E-state index is 0.0877. The monoisotopic (exact) mass is 347 g/mol. The molecule has 9 heteroatoms. The Kier molecular flexibility index (Phi) is 4.27. The van der Waals surface area contributed by atoms with Crippen LogP contribution >= 0.6 is 22.3 Å². The average Bonchev–Trinajstić information content (AvgIpc) is 2.78. The van der Waals surface area contributed by atoms with Crippen molar-refractivity contribution in [2.24, 2.45) is 7.05 Å². The molecule has 1 amide bonds. The first-order valence-electron chi connectivity index (χ1n) is 5.74. The van der Waals surface area contributed by atoms with Gasteiger partial charge in [-0.25, -0.2) is 8.42 Å². The first-order valence-corrected chi connectivity index (χ1v) is 8.43. The zero-order valence-electron chi connectivity index (χ0n) is 11.1. The number of hydrogen-bond donors (Lipinski definition) is 1. The first kappa shape index (κ1) is 15.8. The van der Waals surface area contributed by atoms with Crippen molar-refractivity contribution in [2.45, 2.75) is 11.8 Å². The van der Waals surface area contributed by atoms with Crippen LogP contribution < -0.4 is 5.32 Å². The van der Waals surface area contributed by atoms with Crippen molar-refractivity contribution in [3.05, 3.63) is 40.7 Å². The Morgan fingerprint density at radius 1 is 1.38 bits per heavy atom. The molecule has 0 saturated heterocycles. The van der Waals surface area contributed by atoms with Crippen molar-refractivity contribution in [3.63, 3.8) is 0 Å². The fraction of sp³-hybridized carbons (Fsp3) is 0.167. The summed E-state index contributed by atoms with van der Waals surface area (Å²) in [7, 11) is 3.03. The predicted molar refractivity (Wildman–Crippen MR) is 80.4 cm³/mol. The van der Waals surface area contributed by atoms with Crippen LogP contribution in [0.4, 0.5) is 5.69 Å². The van der Waals surface area contributed by atoms with Crippen LogP contribution in [0.25, 0.3) is 0 Å². The van der Waals surface area contributed by atoms with Gasteiger partial charge in [-0.05, 0) is 30.7 Å². The summed E-state index contributed by atoms with van der Waals surface area (Å²) in [5.41, 5.74) is 1.16. The molecule has 1 aromatic carbocycles. The van der Waals surface area contributed by atoms with E-state index in [1.54, 1.807) is 20.0 Å².